The van der Waals surface area contributed by atoms with Gasteiger partial charge in [-0.1, -0.05) is 157 Å². The number of halogens is 1. The Morgan fingerprint density at radius 3 is 1.08 bits per heavy atom. The quantitative estimate of drug-likeness (QED) is 0.129. The monoisotopic (exact) mass is 1010 g/mol. The molecule has 0 aliphatic heterocycles. The van der Waals surface area contributed by atoms with E-state index in [9.17, 15) is 0 Å². The Hall–Kier alpha value is -10.0. The molecule has 0 fully saturated rings. The van der Waals surface area contributed by atoms with Gasteiger partial charge in [0, 0.05) is 88.8 Å². The highest BCUT2D eigenvalue weighted by atomic mass is 35.5. The van der Waals surface area contributed by atoms with Crippen LogP contribution >= 0.6 is 11.6 Å². The summed E-state index contributed by atoms with van der Waals surface area (Å²) < 4.78 is 4.73. The van der Waals surface area contributed by atoms with Crippen LogP contribution in [-0.4, -0.2) is 19.1 Å². The van der Waals surface area contributed by atoms with Gasteiger partial charge in [0.2, 0.25) is 0 Å². The van der Waals surface area contributed by atoms with Crippen molar-refractivity contribution >= 4 is 89.3 Å². The smallest absolute Gasteiger partial charge is 0.160 e. The van der Waals surface area contributed by atoms with Crippen molar-refractivity contribution in [3.63, 3.8) is 0 Å². The largest absolute Gasteiger partial charge is 0.310 e. The molecule has 364 valence electrons. The van der Waals surface area contributed by atoms with Crippen molar-refractivity contribution in [2.24, 2.45) is 0 Å². The van der Waals surface area contributed by atoms with Crippen LogP contribution in [0, 0.1) is 0 Å². The molecule has 0 aliphatic carbocycles. The van der Waals surface area contributed by atoms with Crippen LogP contribution in [0.4, 0.5) is 34.1 Å². The second kappa shape index (κ2) is 19.4. The van der Waals surface area contributed by atoms with Crippen LogP contribution in [0.2, 0.25) is 5.02 Å². The zero-order chi connectivity index (χ0) is 51.2. The molecule has 0 amide bonds. The molecule has 3 aromatic heterocycles. The number of nitrogens with zero attached hydrogens (tertiary/aromatic N) is 6. The molecule has 0 bridgehead atoms. The molecule has 14 rings (SSSR count). The van der Waals surface area contributed by atoms with Gasteiger partial charge in [-0.2, -0.15) is 0 Å². The van der Waals surface area contributed by atoms with E-state index in [0.717, 1.165) is 106 Å². The number of benzene rings is 11. The molecule has 77 heavy (non-hydrogen) atoms. The summed E-state index contributed by atoms with van der Waals surface area (Å²) in [5, 5.41) is 5.30. The van der Waals surface area contributed by atoms with E-state index in [1.165, 1.54) is 10.8 Å². The SMILES string of the molecule is Clc1cccc(-c2nc(-c3cccc(-n4c5ccccc5c5cc(N(c6ccccc6)c6ccccc6)ccc54)c3)cc(-c3cccc(-n4c5ccccc5c5cc(N(c6ccccc6)c6ccccc6)ccc54)c3)n2)c1. The fourth-order valence-electron chi connectivity index (χ4n) is 11.1. The van der Waals surface area contributed by atoms with E-state index in [1.54, 1.807) is 0 Å². The molecule has 0 aliphatic rings. The van der Waals surface area contributed by atoms with Crippen molar-refractivity contribution in [2.75, 3.05) is 9.80 Å². The van der Waals surface area contributed by atoms with Crippen molar-refractivity contribution in [1.82, 2.24) is 19.1 Å². The molecule has 0 unspecified atom stereocenters. The van der Waals surface area contributed by atoms with Crippen LogP contribution in [0.25, 0.3) is 88.9 Å². The zero-order valence-electron chi connectivity index (χ0n) is 41.7. The van der Waals surface area contributed by atoms with E-state index < -0.39 is 0 Å². The topological polar surface area (TPSA) is 42.1 Å². The van der Waals surface area contributed by atoms with Gasteiger partial charge in [0.15, 0.2) is 5.82 Å². The van der Waals surface area contributed by atoms with Crippen molar-refractivity contribution in [1.29, 1.82) is 0 Å². The van der Waals surface area contributed by atoms with Gasteiger partial charge in [-0.05, 0) is 140 Å². The summed E-state index contributed by atoms with van der Waals surface area (Å²) in [5.41, 5.74) is 17.4. The molecule has 0 radical (unpaired) electrons. The molecular weight excluding hydrogens is 960 g/mol. The zero-order valence-corrected chi connectivity index (χ0v) is 42.5. The van der Waals surface area contributed by atoms with E-state index in [2.05, 4.69) is 280 Å². The summed E-state index contributed by atoms with van der Waals surface area (Å²) >= 11 is 6.67. The van der Waals surface area contributed by atoms with Gasteiger partial charge in [-0.15, -0.1) is 0 Å². The Morgan fingerprint density at radius 2 is 0.649 bits per heavy atom. The average Bonchev–Trinajstić information content (AvgIpc) is 4.02. The lowest BCUT2D eigenvalue weighted by atomic mass is 10.1. The Bertz CT molecular complexity index is 4130. The van der Waals surface area contributed by atoms with Crippen molar-refractivity contribution < 1.29 is 0 Å². The summed E-state index contributed by atoms with van der Waals surface area (Å²) in [6.45, 7) is 0. The molecule has 0 atom stereocenters. The first-order valence-corrected chi connectivity index (χ1v) is 26.2. The summed E-state index contributed by atoms with van der Waals surface area (Å²) in [4.78, 5) is 15.2. The lowest BCUT2D eigenvalue weighted by Crippen LogP contribution is -2.09. The number of para-hydroxylation sites is 6. The van der Waals surface area contributed by atoms with Gasteiger partial charge in [-0.25, -0.2) is 9.97 Å². The minimum Gasteiger partial charge on any atom is -0.310 e. The maximum absolute atomic E-state index is 6.67. The van der Waals surface area contributed by atoms with E-state index >= 15 is 0 Å². The summed E-state index contributed by atoms with van der Waals surface area (Å²) in [6, 6.07) is 100. The first-order chi connectivity index (χ1) is 38.1. The number of hydrogen-bond acceptors (Lipinski definition) is 4. The lowest BCUT2D eigenvalue weighted by molar-refractivity contribution is 1.16. The summed E-state index contributed by atoms with van der Waals surface area (Å²) in [7, 11) is 0. The highest BCUT2D eigenvalue weighted by molar-refractivity contribution is 6.30. The minimum absolute atomic E-state index is 0.590. The molecule has 0 N–H and O–H groups in total. The lowest BCUT2D eigenvalue weighted by Gasteiger charge is -2.25. The first-order valence-electron chi connectivity index (χ1n) is 25.8. The standard InChI is InChI=1S/C70H47ClN6/c71-51-23-17-22-50(42-51)70-72-64(48-20-18-32-56(43-48)76-66-36-15-13-34-60(66)62-45-58(38-40-68(62)76)74(52-24-5-1-6-25-52)53-26-7-2-8-27-53)47-65(73-70)49-21-19-33-57(44-49)77-67-37-16-14-35-61(67)63-46-59(39-41-69(63)77)75(54-28-9-3-10-29-54)55-30-11-4-12-31-55/h1-47H. The van der Waals surface area contributed by atoms with Crippen LogP contribution < -0.4 is 9.80 Å². The number of fused-ring (bicyclic) bond motifs is 6. The highest BCUT2D eigenvalue weighted by Crippen LogP contribution is 2.43. The van der Waals surface area contributed by atoms with E-state index in [1.807, 2.05) is 24.3 Å². The molecule has 14 aromatic rings. The van der Waals surface area contributed by atoms with Gasteiger partial charge in [0.25, 0.3) is 0 Å². The molecule has 0 spiro atoms. The Kier molecular flexibility index (Phi) is 11.5. The van der Waals surface area contributed by atoms with E-state index in [-0.39, 0.29) is 0 Å². The maximum Gasteiger partial charge on any atom is 0.160 e. The van der Waals surface area contributed by atoms with Gasteiger partial charge >= 0.3 is 0 Å². The predicted octanol–water partition coefficient (Wildman–Crippen LogP) is 19.3. The summed E-state index contributed by atoms with van der Waals surface area (Å²) in [6.07, 6.45) is 0. The molecule has 0 saturated carbocycles. The predicted molar refractivity (Wildman–Crippen MR) is 321 cm³/mol. The van der Waals surface area contributed by atoms with Crippen molar-refractivity contribution in [3.8, 4) is 45.3 Å². The number of anilines is 6. The maximum atomic E-state index is 6.67. The van der Waals surface area contributed by atoms with Crippen LogP contribution in [0.5, 0.6) is 0 Å². The molecule has 7 heteroatoms. The Balaban J connectivity index is 0.887. The van der Waals surface area contributed by atoms with E-state index in [4.69, 9.17) is 21.6 Å². The molecular formula is C70H47ClN6. The van der Waals surface area contributed by atoms with E-state index in [0.29, 0.717) is 10.8 Å². The van der Waals surface area contributed by atoms with Crippen LogP contribution in [-0.2, 0) is 0 Å². The molecule has 11 aromatic carbocycles. The number of hydrogen-bond donors (Lipinski definition) is 0. The van der Waals surface area contributed by atoms with Crippen molar-refractivity contribution in [3.05, 3.63) is 290 Å². The second-order valence-electron chi connectivity index (χ2n) is 19.2. The Labute approximate surface area is 451 Å². The number of rotatable bonds is 11. The first kappa shape index (κ1) is 45.6. The van der Waals surface area contributed by atoms with Gasteiger partial charge in [0.05, 0.1) is 33.5 Å². The third kappa shape index (κ3) is 8.34. The van der Waals surface area contributed by atoms with Gasteiger partial charge < -0.3 is 18.9 Å². The fourth-order valence-corrected chi connectivity index (χ4v) is 11.3. The third-order valence-electron chi connectivity index (χ3n) is 14.5. The van der Waals surface area contributed by atoms with Gasteiger partial charge in [-0.3, -0.25) is 0 Å². The molecule has 3 heterocycles. The normalized spacial score (nSPS) is 11.4. The molecule has 6 nitrogen and oxygen atoms in total. The average molecular weight is 1010 g/mol. The Morgan fingerprint density at radius 1 is 0.273 bits per heavy atom. The minimum atomic E-state index is 0.590. The van der Waals surface area contributed by atoms with Crippen LogP contribution in [0.15, 0.2) is 285 Å². The fraction of sp³-hybridized carbons (Fsp3) is 0. The molecule has 0 saturated heterocycles. The summed E-state index contributed by atoms with van der Waals surface area (Å²) in [5.74, 6) is 0.590. The van der Waals surface area contributed by atoms with Crippen LogP contribution in [0.3, 0.4) is 0 Å². The highest BCUT2D eigenvalue weighted by Gasteiger charge is 2.21. The van der Waals surface area contributed by atoms with Crippen molar-refractivity contribution in [2.45, 2.75) is 0 Å². The third-order valence-corrected chi connectivity index (χ3v) is 14.7. The van der Waals surface area contributed by atoms with Gasteiger partial charge in [0.1, 0.15) is 0 Å². The van der Waals surface area contributed by atoms with Crippen LogP contribution in [0.1, 0.15) is 0 Å². The number of aromatic nitrogens is 4. The second-order valence-corrected chi connectivity index (χ2v) is 19.6.